The first-order valence-electron chi connectivity index (χ1n) is 7.09. The van der Waals surface area contributed by atoms with Gasteiger partial charge in [-0.2, -0.15) is 0 Å². The fraction of sp³-hybridized carbons (Fsp3) is 0.235. The summed E-state index contributed by atoms with van der Waals surface area (Å²) in [6.45, 7) is 1.25. The number of carbonyl (C=O) groups excluding carboxylic acids is 1. The lowest BCUT2D eigenvalue weighted by Gasteiger charge is -2.18. The Kier molecular flexibility index (Phi) is 3.86. The number of benzene rings is 2. The van der Waals surface area contributed by atoms with Crippen LogP contribution >= 0.6 is 0 Å². The molecule has 1 fully saturated rings. The Balaban J connectivity index is 1.65. The lowest BCUT2D eigenvalue weighted by atomic mass is 10.2. The van der Waals surface area contributed by atoms with E-state index in [-0.39, 0.29) is 17.5 Å². The van der Waals surface area contributed by atoms with E-state index in [0.29, 0.717) is 13.1 Å². The lowest BCUT2D eigenvalue weighted by Crippen LogP contribution is -2.32. The van der Waals surface area contributed by atoms with E-state index in [1.807, 2.05) is 30.3 Å². The highest BCUT2D eigenvalue weighted by Crippen LogP contribution is 2.19. The summed E-state index contributed by atoms with van der Waals surface area (Å²) in [7, 11) is 0. The van der Waals surface area contributed by atoms with Crippen LogP contribution in [-0.2, 0) is 0 Å². The number of halogens is 1. The van der Waals surface area contributed by atoms with Crippen molar-refractivity contribution in [3.05, 3.63) is 66.0 Å². The second kappa shape index (κ2) is 5.95. The van der Waals surface area contributed by atoms with Crippen LogP contribution in [0.2, 0.25) is 0 Å². The van der Waals surface area contributed by atoms with Gasteiger partial charge in [-0.3, -0.25) is 4.79 Å². The van der Waals surface area contributed by atoms with Crippen LogP contribution in [0.15, 0.2) is 54.6 Å². The molecule has 1 aliphatic rings. The predicted octanol–water partition coefficient (Wildman–Crippen LogP) is 3.15. The summed E-state index contributed by atoms with van der Waals surface area (Å²) in [5.41, 5.74) is 1.19. The zero-order valence-electron chi connectivity index (χ0n) is 11.6. The van der Waals surface area contributed by atoms with Crippen LogP contribution < -0.4 is 5.32 Å². The Labute approximate surface area is 123 Å². The van der Waals surface area contributed by atoms with Gasteiger partial charge in [-0.15, -0.1) is 0 Å². The summed E-state index contributed by atoms with van der Waals surface area (Å²) >= 11 is 0. The third-order valence-electron chi connectivity index (χ3n) is 3.72. The van der Waals surface area contributed by atoms with Gasteiger partial charge in [0.2, 0.25) is 0 Å². The second-order valence-corrected chi connectivity index (χ2v) is 5.23. The number of likely N-dealkylation sites (tertiary alicyclic amines) is 1. The fourth-order valence-electron chi connectivity index (χ4n) is 2.64. The average Bonchev–Trinajstić information content (AvgIpc) is 2.97. The van der Waals surface area contributed by atoms with E-state index in [9.17, 15) is 9.18 Å². The molecule has 1 amide bonds. The maximum absolute atomic E-state index is 13.7. The quantitative estimate of drug-likeness (QED) is 0.939. The van der Waals surface area contributed by atoms with E-state index < -0.39 is 5.82 Å². The average molecular weight is 284 g/mol. The number of amides is 1. The summed E-state index contributed by atoms with van der Waals surface area (Å²) in [5.74, 6) is -0.688. The van der Waals surface area contributed by atoms with E-state index in [1.165, 1.54) is 12.1 Å². The van der Waals surface area contributed by atoms with Gasteiger partial charge in [0, 0.05) is 24.8 Å². The summed E-state index contributed by atoms with van der Waals surface area (Å²) in [5, 5.41) is 3.40. The van der Waals surface area contributed by atoms with Gasteiger partial charge in [0.25, 0.3) is 5.91 Å². The standard InChI is InChI=1S/C17H17FN2O/c18-16-9-5-4-8-15(16)17(21)20-11-10-14(12-20)19-13-6-2-1-3-7-13/h1-9,14,19H,10-12H2/t14-/m1/s1. The minimum atomic E-state index is -0.457. The van der Waals surface area contributed by atoms with Crippen LogP contribution in [0.4, 0.5) is 10.1 Å². The molecular formula is C17H17FN2O. The molecule has 0 bridgehead atoms. The SMILES string of the molecule is O=C(c1ccccc1F)N1CC[C@@H](Nc2ccccc2)C1. The van der Waals surface area contributed by atoms with Crippen molar-refractivity contribution in [2.75, 3.05) is 18.4 Å². The Hall–Kier alpha value is -2.36. The van der Waals surface area contributed by atoms with Crippen LogP contribution in [0.3, 0.4) is 0 Å². The molecule has 1 aliphatic heterocycles. The maximum atomic E-state index is 13.7. The normalized spacial score (nSPS) is 17.8. The van der Waals surface area contributed by atoms with Gasteiger partial charge in [-0.1, -0.05) is 30.3 Å². The molecule has 0 aliphatic carbocycles. The molecular weight excluding hydrogens is 267 g/mol. The number of nitrogens with one attached hydrogen (secondary N) is 1. The van der Waals surface area contributed by atoms with Gasteiger partial charge < -0.3 is 10.2 Å². The predicted molar refractivity (Wildman–Crippen MR) is 80.8 cm³/mol. The van der Waals surface area contributed by atoms with Crippen molar-refractivity contribution in [3.8, 4) is 0 Å². The Morgan fingerprint density at radius 2 is 1.81 bits per heavy atom. The molecule has 21 heavy (non-hydrogen) atoms. The number of para-hydroxylation sites is 1. The van der Waals surface area contributed by atoms with Gasteiger partial charge in [0.05, 0.1) is 5.56 Å². The molecule has 0 unspecified atom stereocenters. The molecule has 108 valence electrons. The van der Waals surface area contributed by atoms with Gasteiger partial charge in [0.1, 0.15) is 5.82 Å². The minimum Gasteiger partial charge on any atom is -0.380 e. The summed E-state index contributed by atoms with van der Waals surface area (Å²) < 4.78 is 13.7. The van der Waals surface area contributed by atoms with E-state index in [1.54, 1.807) is 17.0 Å². The van der Waals surface area contributed by atoms with Crippen LogP contribution in [0.5, 0.6) is 0 Å². The molecule has 3 rings (SSSR count). The van der Waals surface area contributed by atoms with Crippen molar-refractivity contribution in [1.82, 2.24) is 4.90 Å². The van der Waals surface area contributed by atoms with Gasteiger partial charge in [-0.25, -0.2) is 4.39 Å². The number of hydrogen-bond donors (Lipinski definition) is 1. The maximum Gasteiger partial charge on any atom is 0.256 e. The molecule has 1 atom stereocenters. The summed E-state index contributed by atoms with van der Waals surface area (Å²) in [4.78, 5) is 14.0. The molecule has 1 saturated heterocycles. The number of anilines is 1. The van der Waals surface area contributed by atoms with Crippen molar-refractivity contribution >= 4 is 11.6 Å². The van der Waals surface area contributed by atoms with E-state index in [4.69, 9.17) is 0 Å². The molecule has 4 heteroatoms. The van der Waals surface area contributed by atoms with E-state index in [0.717, 1.165) is 12.1 Å². The van der Waals surface area contributed by atoms with Crippen LogP contribution in [0.1, 0.15) is 16.8 Å². The topological polar surface area (TPSA) is 32.3 Å². The van der Waals surface area contributed by atoms with Crippen molar-refractivity contribution in [1.29, 1.82) is 0 Å². The first-order valence-corrected chi connectivity index (χ1v) is 7.09. The van der Waals surface area contributed by atoms with E-state index in [2.05, 4.69) is 5.32 Å². The molecule has 1 heterocycles. The van der Waals surface area contributed by atoms with Crippen LogP contribution in [0.25, 0.3) is 0 Å². The highest BCUT2D eigenvalue weighted by molar-refractivity contribution is 5.94. The van der Waals surface area contributed by atoms with Gasteiger partial charge in [-0.05, 0) is 30.7 Å². The van der Waals surface area contributed by atoms with Crippen molar-refractivity contribution in [2.24, 2.45) is 0 Å². The highest BCUT2D eigenvalue weighted by Gasteiger charge is 2.28. The van der Waals surface area contributed by atoms with E-state index >= 15 is 0 Å². The molecule has 2 aromatic rings. The third-order valence-corrected chi connectivity index (χ3v) is 3.72. The first kappa shape index (κ1) is 13.6. The van der Waals surface area contributed by atoms with Gasteiger partial charge in [0.15, 0.2) is 0 Å². The summed E-state index contributed by atoms with van der Waals surface area (Å²) in [6, 6.07) is 16.3. The highest BCUT2D eigenvalue weighted by atomic mass is 19.1. The Morgan fingerprint density at radius 1 is 1.10 bits per heavy atom. The molecule has 0 saturated carbocycles. The molecule has 2 aromatic carbocycles. The molecule has 1 N–H and O–H groups in total. The largest absolute Gasteiger partial charge is 0.380 e. The number of nitrogens with zero attached hydrogens (tertiary/aromatic N) is 1. The van der Waals surface area contributed by atoms with Crippen LogP contribution in [0, 0.1) is 5.82 Å². The molecule has 0 radical (unpaired) electrons. The number of rotatable bonds is 3. The smallest absolute Gasteiger partial charge is 0.256 e. The fourth-order valence-corrected chi connectivity index (χ4v) is 2.64. The monoisotopic (exact) mass is 284 g/mol. The lowest BCUT2D eigenvalue weighted by molar-refractivity contribution is 0.0787. The number of carbonyl (C=O) groups is 1. The first-order chi connectivity index (χ1) is 10.2. The zero-order valence-corrected chi connectivity index (χ0v) is 11.6. The zero-order chi connectivity index (χ0) is 14.7. The summed E-state index contributed by atoms with van der Waals surface area (Å²) in [6.07, 6.45) is 0.870. The van der Waals surface area contributed by atoms with Crippen LogP contribution in [-0.4, -0.2) is 29.9 Å². The van der Waals surface area contributed by atoms with Crippen molar-refractivity contribution < 1.29 is 9.18 Å². The van der Waals surface area contributed by atoms with Crippen molar-refractivity contribution in [2.45, 2.75) is 12.5 Å². The molecule has 0 spiro atoms. The van der Waals surface area contributed by atoms with Crippen molar-refractivity contribution in [3.63, 3.8) is 0 Å². The van der Waals surface area contributed by atoms with Gasteiger partial charge >= 0.3 is 0 Å². The third kappa shape index (κ3) is 3.05. The minimum absolute atomic E-state index is 0.151. The number of hydrogen-bond acceptors (Lipinski definition) is 2. The molecule has 0 aromatic heterocycles. The molecule has 3 nitrogen and oxygen atoms in total. The Bertz CT molecular complexity index is 630. The second-order valence-electron chi connectivity index (χ2n) is 5.23. The Morgan fingerprint density at radius 3 is 2.57 bits per heavy atom.